The van der Waals surface area contributed by atoms with Gasteiger partial charge in [0.25, 0.3) is 0 Å². The lowest BCUT2D eigenvalue weighted by Gasteiger charge is -2.33. The van der Waals surface area contributed by atoms with Crippen molar-refractivity contribution in [1.82, 2.24) is 10.2 Å². The first kappa shape index (κ1) is 11.8. The molecule has 82 valence electrons. The van der Waals surface area contributed by atoms with Crippen LogP contribution in [0.5, 0.6) is 0 Å². The maximum absolute atomic E-state index is 5.34. The fraction of sp³-hybridized carbons (Fsp3) is 0.909. The van der Waals surface area contributed by atoms with Gasteiger partial charge in [0.15, 0.2) is 5.11 Å². The van der Waals surface area contributed by atoms with Crippen LogP contribution in [0.2, 0.25) is 0 Å². The van der Waals surface area contributed by atoms with Crippen molar-refractivity contribution in [3.05, 3.63) is 0 Å². The molecule has 0 amide bonds. The normalized spacial score (nSPS) is 17.9. The first-order valence-electron chi connectivity index (χ1n) is 5.76. The number of nitrogens with one attached hydrogen (secondary N) is 1. The van der Waals surface area contributed by atoms with Gasteiger partial charge in [-0.25, -0.2) is 0 Å². The Morgan fingerprint density at radius 1 is 1.36 bits per heavy atom. The zero-order valence-electron chi connectivity index (χ0n) is 9.38. The Labute approximate surface area is 93.1 Å². The second-order valence-electron chi connectivity index (χ2n) is 4.13. The smallest absolute Gasteiger partial charge is 0.168 e. The Hall–Kier alpha value is -0.310. The van der Waals surface area contributed by atoms with E-state index in [4.69, 9.17) is 12.2 Å². The van der Waals surface area contributed by atoms with Gasteiger partial charge in [-0.1, -0.05) is 26.2 Å². The lowest BCUT2D eigenvalue weighted by atomic mass is 9.95. The highest BCUT2D eigenvalue weighted by Gasteiger charge is 2.19. The standard InChI is InChI=1S/C11H22N2S/c1-3-9-12-11(14)13(2)10-7-5-4-6-8-10/h10H,3-9H2,1-2H3,(H,12,14). The Morgan fingerprint density at radius 2 is 2.00 bits per heavy atom. The summed E-state index contributed by atoms with van der Waals surface area (Å²) in [5.74, 6) is 0. The van der Waals surface area contributed by atoms with E-state index in [-0.39, 0.29) is 0 Å². The molecule has 0 heterocycles. The van der Waals surface area contributed by atoms with Gasteiger partial charge in [0.1, 0.15) is 0 Å². The Kier molecular flexibility index (Phi) is 5.23. The van der Waals surface area contributed by atoms with Gasteiger partial charge >= 0.3 is 0 Å². The molecule has 14 heavy (non-hydrogen) atoms. The van der Waals surface area contributed by atoms with Crippen LogP contribution >= 0.6 is 12.2 Å². The van der Waals surface area contributed by atoms with Crippen molar-refractivity contribution in [2.45, 2.75) is 51.5 Å². The summed E-state index contributed by atoms with van der Waals surface area (Å²) in [6, 6.07) is 0.681. The van der Waals surface area contributed by atoms with Gasteiger partial charge in [0.05, 0.1) is 0 Å². The van der Waals surface area contributed by atoms with E-state index in [1.54, 1.807) is 0 Å². The van der Waals surface area contributed by atoms with E-state index in [2.05, 4.69) is 24.2 Å². The molecule has 1 fully saturated rings. The molecule has 3 heteroatoms. The van der Waals surface area contributed by atoms with E-state index in [0.717, 1.165) is 18.1 Å². The highest BCUT2D eigenvalue weighted by atomic mass is 32.1. The van der Waals surface area contributed by atoms with E-state index in [0.29, 0.717) is 6.04 Å². The Balaban J connectivity index is 2.30. The van der Waals surface area contributed by atoms with Gasteiger partial charge in [0, 0.05) is 19.6 Å². The van der Waals surface area contributed by atoms with Gasteiger partial charge in [-0.05, 0) is 31.5 Å². The lowest BCUT2D eigenvalue weighted by Crippen LogP contribution is -2.44. The average Bonchev–Trinajstić information content (AvgIpc) is 2.26. The maximum Gasteiger partial charge on any atom is 0.168 e. The molecule has 0 bridgehead atoms. The highest BCUT2D eigenvalue weighted by Crippen LogP contribution is 2.21. The molecule has 2 nitrogen and oxygen atoms in total. The summed E-state index contributed by atoms with van der Waals surface area (Å²) >= 11 is 5.34. The number of rotatable bonds is 3. The van der Waals surface area contributed by atoms with Crippen LogP contribution in [0.4, 0.5) is 0 Å². The molecule has 0 spiro atoms. The predicted molar refractivity (Wildman–Crippen MR) is 65.5 cm³/mol. The summed E-state index contributed by atoms with van der Waals surface area (Å²) in [7, 11) is 2.13. The molecule has 0 aromatic rings. The summed E-state index contributed by atoms with van der Waals surface area (Å²) in [4.78, 5) is 2.25. The summed E-state index contributed by atoms with van der Waals surface area (Å²) in [5, 5.41) is 4.22. The van der Waals surface area contributed by atoms with Crippen molar-refractivity contribution >= 4 is 17.3 Å². The summed E-state index contributed by atoms with van der Waals surface area (Å²) in [5.41, 5.74) is 0. The monoisotopic (exact) mass is 214 g/mol. The quantitative estimate of drug-likeness (QED) is 0.727. The van der Waals surface area contributed by atoms with Gasteiger partial charge in [-0.15, -0.1) is 0 Å². The van der Waals surface area contributed by atoms with Crippen molar-refractivity contribution in [1.29, 1.82) is 0 Å². The zero-order valence-corrected chi connectivity index (χ0v) is 10.2. The van der Waals surface area contributed by atoms with Crippen LogP contribution in [0.25, 0.3) is 0 Å². The third kappa shape index (κ3) is 3.45. The molecule has 0 radical (unpaired) electrons. The van der Waals surface area contributed by atoms with Crippen LogP contribution in [-0.4, -0.2) is 29.6 Å². The fourth-order valence-electron chi connectivity index (χ4n) is 1.99. The third-order valence-electron chi connectivity index (χ3n) is 2.97. The van der Waals surface area contributed by atoms with Crippen LogP contribution in [0.1, 0.15) is 45.4 Å². The van der Waals surface area contributed by atoms with Crippen LogP contribution in [0, 0.1) is 0 Å². The summed E-state index contributed by atoms with van der Waals surface area (Å²) in [6.07, 6.45) is 7.89. The average molecular weight is 214 g/mol. The van der Waals surface area contributed by atoms with Gasteiger partial charge in [-0.2, -0.15) is 0 Å². The van der Waals surface area contributed by atoms with Crippen LogP contribution in [0.3, 0.4) is 0 Å². The van der Waals surface area contributed by atoms with Crippen LogP contribution < -0.4 is 5.32 Å². The Morgan fingerprint density at radius 3 is 2.57 bits per heavy atom. The molecule has 0 aromatic carbocycles. The SMILES string of the molecule is CCCNC(=S)N(C)C1CCCCC1. The molecule has 1 aliphatic carbocycles. The molecule has 0 atom stereocenters. The molecule has 1 N–H and O–H groups in total. The van der Waals surface area contributed by atoms with E-state index in [1.165, 1.54) is 32.1 Å². The maximum atomic E-state index is 5.34. The minimum atomic E-state index is 0.681. The van der Waals surface area contributed by atoms with Gasteiger partial charge in [-0.3, -0.25) is 0 Å². The first-order valence-corrected chi connectivity index (χ1v) is 6.17. The van der Waals surface area contributed by atoms with E-state index < -0.39 is 0 Å². The van der Waals surface area contributed by atoms with Gasteiger partial charge < -0.3 is 10.2 Å². The minimum absolute atomic E-state index is 0.681. The zero-order chi connectivity index (χ0) is 10.4. The van der Waals surface area contributed by atoms with E-state index >= 15 is 0 Å². The number of hydrogen-bond acceptors (Lipinski definition) is 1. The number of thiocarbonyl (C=S) groups is 1. The molecule has 0 aliphatic heterocycles. The van der Waals surface area contributed by atoms with Crippen molar-refractivity contribution in [3.63, 3.8) is 0 Å². The van der Waals surface area contributed by atoms with E-state index in [1.807, 2.05) is 0 Å². The van der Waals surface area contributed by atoms with Crippen LogP contribution in [-0.2, 0) is 0 Å². The van der Waals surface area contributed by atoms with Crippen molar-refractivity contribution in [2.24, 2.45) is 0 Å². The fourth-order valence-corrected chi connectivity index (χ4v) is 2.24. The lowest BCUT2D eigenvalue weighted by molar-refractivity contribution is 0.276. The number of hydrogen-bond donors (Lipinski definition) is 1. The Bertz CT molecular complexity index is 176. The number of nitrogens with zero attached hydrogens (tertiary/aromatic N) is 1. The summed E-state index contributed by atoms with van der Waals surface area (Å²) < 4.78 is 0. The molecule has 1 aliphatic rings. The minimum Gasteiger partial charge on any atom is -0.363 e. The molecule has 0 aromatic heterocycles. The highest BCUT2D eigenvalue weighted by molar-refractivity contribution is 7.80. The molecular weight excluding hydrogens is 192 g/mol. The van der Waals surface area contributed by atoms with E-state index in [9.17, 15) is 0 Å². The molecule has 1 saturated carbocycles. The second-order valence-corrected chi connectivity index (χ2v) is 4.52. The predicted octanol–water partition coefficient (Wildman–Crippen LogP) is 2.54. The molecule has 0 unspecified atom stereocenters. The van der Waals surface area contributed by atoms with Crippen molar-refractivity contribution in [3.8, 4) is 0 Å². The largest absolute Gasteiger partial charge is 0.363 e. The molecular formula is C11H22N2S. The summed E-state index contributed by atoms with van der Waals surface area (Å²) in [6.45, 7) is 3.16. The van der Waals surface area contributed by atoms with Crippen molar-refractivity contribution < 1.29 is 0 Å². The molecule has 1 rings (SSSR count). The topological polar surface area (TPSA) is 15.3 Å². The second kappa shape index (κ2) is 6.23. The van der Waals surface area contributed by atoms with Crippen LogP contribution in [0.15, 0.2) is 0 Å². The first-order chi connectivity index (χ1) is 6.75. The van der Waals surface area contributed by atoms with Crippen molar-refractivity contribution in [2.75, 3.05) is 13.6 Å². The molecule has 0 saturated heterocycles. The third-order valence-corrected chi connectivity index (χ3v) is 3.40. The van der Waals surface area contributed by atoms with Gasteiger partial charge in [0.2, 0.25) is 0 Å².